The van der Waals surface area contributed by atoms with Crippen LogP contribution >= 0.6 is 0 Å². The second kappa shape index (κ2) is 21.4. The van der Waals surface area contributed by atoms with E-state index in [9.17, 15) is 28.8 Å². The van der Waals surface area contributed by atoms with Crippen molar-refractivity contribution in [3.8, 4) is 0 Å². The molecule has 0 aliphatic rings. The highest BCUT2D eigenvalue weighted by atomic mass is 16.7. The minimum atomic E-state index is -0.832. The zero-order chi connectivity index (χ0) is 39.6. The van der Waals surface area contributed by atoms with Gasteiger partial charge in [-0.25, -0.2) is 19.2 Å². The lowest BCUT2D eigenvalue weighted by molar-refractivity contribution is -0.166. The third-order valence-corrected chi connectivity index (χ3v) is 5.99. The zero-order valence-electron chi connectivity index (χ0n) is 33.2. The van der Waals surface area contributed by atoms with Gasteiger partial charge < -0.3 is 43.5 Å². The molecule has 0 atom stereocenters. The molecule has 0 radical (unpaired) electrons. The van der Waals surface area contributed by atoms with Crippen LogP contribution in [0.25, 0.3) is 0 Å². The van der Waals surface area contributed by atoms with Crippen molar-refractivity contribution in [2.24, 2.45) is 0 Å². The van der Waals surface area contributed by atoms with Crippen molar-refractivity contribution >= 4 is 36.3 Å². The highest BCUT2D eigenvalue weighted by Crippen LogP contribution is 2.15. The SMILES string of the molecule is CC(=O)OCOC(=O)CN(CCCN(CCCCN(CCCNC(=O)OC(C)(C)C)C(=O)OC(C)(C)C)C(=O)OC(C)(C)C)C(=O)OC(C)(C)C. The lowest BCUT2D eigenvalue weighted by atomic mass is 10.2. The van der Waals surface area contributed by atoms with E-state index in [1.807, 2.05) is 0 Å². The van der Waals surface area contributed by atoms with Gasteiger partial charge >= 0.3 is 36.3 Å². The normalized spacial score (nSPS) is 11.9. The molecule has 0 heterocycles. The van der Waals surface area contributed by atoms with E-state index in [1.165, 1.54) is 11.8 Å². The van der Waals surface area contributed by atoms with Gasteiger partial charge in [-0.15, -0.1) is 0 Å². The summed E-state index contributed by atoms with van der Waals surface area (Å²) in [5.74, 6) is -1.43. The first-order chi connectivity index (χ1) is 23.2. The van der Waals surface area contributed by atoms with Crippen LogP contribution in [0.3, 0.4) is 0 Å². The van der Waals surface area contributed by atoms with E-state index in [0.29, 0.717) is 38.9 Å². The summed E-state index contributed by atoms with van der Waals surface area (Å²) in [6.45, 7) is 22.6. The van der Waals surface area contributed by atoms with Gasteiger partial charge in [0.1, 0.15) is 28.9 Å². The van der Waals surface area contributed by atoms with Crippen LogP contribution in [0.1, 0.15) is 116 Å². The van der Waals surface area contributed by atoms with E-state index in [0.717, 1.165) is 4.90 Å². The Kier molecular flexibility index (Phi) is 19.7. The first-order valence-electron chi connectivity index (χ1n) is 17.4. The zero-order valence-corrected chi connectivity index (χ0v) is 33.2. The van der Waals surface area contributed by atoms with Crippen molar-refractivity contribution in [2.75, 3.05) is 52.6 Å². The number of unbranched alkanes of at least 4 members (excludes halogenated alkanes) is 1. The van der Waals surface area contributed by atoms with Crippen LogP contribution in [0.15, 0.2) is 0 Å². The Balaban J connectivity index is 5.52. The molecule has 0 aromatic rings. The first kappa shape index (κ1) is 47.0. The van der Waals surface area contributed by atoms with Crippen LogP contribution < -0.4 is 5.32 Å². The number of nitrogens with one attached hydrogen (secondary N) is 1. The van der Waals surface area contributed by atoms with Crippen molar-refractivity contribution in [3.63, 3.8) is 0 Å². The summed E-state index contributed by atoms with van der Waals surface area (Å²) in [5.41, 5.74) is -2.92. The Morgan fingerprint density at radius 1 is 0.490 bits per heavy atom. The van der Waals surface area contributed by atoms with E-state index in [2.05, 4.69) is 10.1 Å². The number of esters is 2. The molecule has 0 spiro atoms. The van der Waals surface area contributed by atoms with Gasteiger partial charge in [-0.05, 0) is 109 Å². The summed E-state index contributed by atoms with van der Waals surface area (Å²) in [6, 6.07) is 0. The Bertz CT molecular complexity index is 1130. The monoisotopic (exact) mass is 732 g/mol. The van der Waals surface area contributed by atoms with Gasteiger partial charge in [0, 0.05) is 46.2 Å². The maximum absolute atomic E-state index is 13.2. The van der Waals surface area contributed by atoms with E-state index in [1.54, 1.807) is 88.0 Å². The number of alkyl carbamates (subject to hydrolysis) is 1. The van der Waals surface area contributed by atoms with Crippen molar-refractivity contribution in [1.82, 2.24) is 20.0 Å². The first-order valence-corrected chi connectivity index (χ1v) is 17.4. The Labute approximate surface area is 304 Å². The lowest BCUT2D eigenvalue weighted by Crippen LogP contribution is -2.43. The average molecular weight is 733 g/mol. The fourth-order valence-electron chi connectivity index (χ4n) is 4.02. The lowest BCUT2D eigenvalue weighted by Gasteiger charge is -2.30. The van der Waals surface area contributed by atoms with Gasteiger partial charge in [-0.2, -0.15) is 0 Å². The molecule has 0 aliphatic carbocycles. The highest BCUT2D eigenvalue weighted by molar-refractivity contribution is 5.78. The molecule has 0 bridgehead atoms. The van der Waals surface area contributed by atoms with Gasteiger partial charge in [0.15, 0.2) is 0 Å². The summed E-state index contributed by atoms with van der Waals surface area (Å²) < 4.78 is 31.5. The average Bonchev–Trinajstić information content (AvgIpc) is 2.90. The van der Waals surface area contributed by atoms with Gasteiger partial charge in [-0.1, -0.05) is 0 Å². The second-order valence-electron chi connectivity index (χ2n) is 15.9. The maximum atomic E-state index is 13.2. The number of ether oxygens (including phenoxy) is 6. The van der Waals surface area contributed by atoms with Crippen molar-refractivity contribution in [3.05, 3.63) is 0 Å². The number of hydrogen-bond donors (Lipinski definition) is 1. The van der Waals surface area contributed by atoms with Gasteiger partial charge in [0.25, 0.3) is 0 Å². The highest BCUT2D eigenvalue weighted by Gasteiger charge is 2.27. The number of amides is 4. The minimum Gasteiger partial charge on any atom is -0.444 e. The molecule has 0 unspecified atom stereocenters. The van der Waals surface area contributed by atoms with E-state index < -0.39 is 72.1 Å². The van der Waals surface area contributed by atoms with Crippen LogP contribution in [-0.4, -0.2) is 126 Å². The smallest absolute Gasteiger partial charge is 0.410 e. The molecule has 0 aromatic heterocycles. The molecule has 4 amide bonds. The third-order valence-electron chi connectivity index (χ3n) is 5.99. The summed E-state index contributed by atoms with van der Waals surface area (Å²) in [4.78, 5) is 78.7. The number of carbonyl (C=O) groups is 6. The molecule has 0 fully saturated rings. The quantitative estimate of drug-likeness (QED) is 0.0818. The molecule has 296 valence electrons. The van der Waals surface area contributed by atoms with Crippen LogP contribution in [-0.2, 0) is 38.0 Å². The molecule has 0 aromatic carbocycles. The van der Waals surface area contributed by atoms with Crippen LogP contribution in [0, 0.1) is 0 Å². The molecule has 1 N–H and O–H groups in total. The summed E-state index contributed by atoms with van der Waals surface area (Å²) in [6.07, 6.45) is -0.565. The Morgan fingerprint density at radius 2 is 0.863 bits per heavy atom. The molecule has 16 heteroatoms. The molecule has 0 saturated carbocycles. The van der Waals surface area contributed by atoms with Crippen LogP contribution in [0.2, 0.25) is 0 Å². The Hall–Kier alpha value is -3.98. The maximum Gasteiger partial charge on any atom is 0.410 e. The van der Waals surface area contributed by atoms with E-state index in [4.69, 9.17) is 23.7 Å². The van der Waals surface area contributed by atoms with Crippen LogP contribution in [0.4, 0.5) is 19.2 Å². The van der Waals surface area contributed by atoms with Crippen molar-refractivity contribution in [2.45, 2.75) is 138 Å². The van der Waals surface area contributed by atoms with Crippen molar-refractivity contribution in [1.29, 1.82) is 0 Å². The minimum absolute atomic E-state index is 0.0423. The summed E-state index contributed by atoms with van der Waals surface area (Å²) in [5, 5.41) is 2.69. The topological polar surface area (TPSA) is 180 Å². The molecule has 51 heavy (non-hydrogen) atoms. The molecule has 16 nitrogen and oxygen atoms in total. The predicted octanol–water partition coefficient (Wildman–Crippen LogP) is 5.85. The number of carbonyl (C=O) groups excluding carboxylic acids is 6. The number of hydrogen-bond acceptors (Lipinski definition) is 12. The largest absolute Gasteiger partial charge is 0.444 e. The van der Waals surface area contributed by atoms with Crippen molar-refractivity contribution < 1.29 is 57.2 Å². The second-order valence-corrected chi connectivity index (χ2v) is 15.9. The summed E-state index contributed by atoms with van der Waals surface area (Å²) >= 11 is 0. The molecular weight excluding hydrogens is 668 g/mol. The Morgan fingerprint density at radius 3 is 1.27 bits per heavy atom. The van der Waals surface area contributed by atoms with E-state index in [-0.39, 0.29) is 26.1 Å². The molecule has 0 rings (SSSR count). The van der Waals surface area contributed by atoms with Gasteiger partial charge in [0.2, 0.25) is 6.79 Å². The standard InChI is InChI=1S/C35H64N4O12/c1-26(40)46-25-47-27(41)24-39(31(45)51-35(11,12)13)23-17-22-38(30(44)50-34(8,9)10)20-15-14-19-37(29(43)49-33(5,6)7)21-16-18-36-28(42)48-32(2,3)4/h14-25H2,1-13H3,(H,36,42). The number of nitrogens with zero attached hydrogens (tertiary/aromatic N) is 3. The fraction of sp³-hybridized carbons (Fsp3) is 0.829. The molecular formula is C35H64N4O12. The molecule has 0 aliphatic heterocycles. The molecule has 0 saturated heterocycles. The fourth-order valence-corrected chi connectivity index (χ4v) is 4.02. The number of rotatable bonds is 17. The summed E-state index contributed by atoms with van der Waals surface area (Å²) in [7, 11) is 0. The van der Waals surface area contributed by atoms with E-state index >= 15 is 0 Å². The van der Waals surface area contributed by atoms with Gasteiger partial charge in [0.05, 0.1) is 0 Å². The predicted molar refractivity (Wildman–Crippen MR) is 189 cm³/mol. The third kappa shape index (κ3) is 26.5. The van der Waals surface area contributed by atoms with Crippen LogP contribution in [0.5, 0.6) is 0 Å². The van der Waals surface area contributed by atoms with Gasteiger partial charge in [-0.3, -0.25) is 14.5 Å².